The van der Waals surface area contributed by atoms with Crippen molar-refractivity contribution in [1.29, 1.82) is 5.26 Å². The molecule has 7 heteroatoms. The van der Waals surface area contributed by atoms with Crippen LogP contribution in [0.15, 0.2) is 24.3 Å². The van der Waals surface area contributed by atoms with Crippen molar-refractivity contribution in [3.05, 3.63) is 35.4 Å². The maximum Gasteiger partial charge on any atom is 0.404 e. The zero-order chi connectivity index (χ0) is 17.0. The van der Waals surface area contributed by atoms with Crippen LogP contribution in [0.3, 0.4) is 0 Å². The number of amides is 1. The summed E-state index contributed by atoms with van der Waals surface area (Å²) in [5.74, 6) is -0.244. The van der Waals surface area contributed by atoms with Crippen molar-refractivity contribution < 1.29 is 18.0 Å². The number of alkyl halides is 3. The first-order valence-corrected chi connectivity index (χ1v) is 7.36. The fourth-order valence-electron chi connectivity index (χ4n) is 2.97. The predicted molar refractivity (Wildman–Crippen MR) is 78.2 cm³/mol. The van der Waals surface area contributed by atoms with E-state index in [1.54, 1.807) is 24.3 Å². The summed E-state index contributed by atoms with van der Waals surface area (Å²) in [5, 5.41) is 11.6. The highest BCUT2D eigenvalue weighted by molar-refractivity contribution is 5.73. The molecular formula is C16H18F3N3O. The molecule has 0 aromatic heterocycles. The minimum absolute atomic E-state index is 0.0492. The summed E-state index contributed by atoms with van der Waals surface area (Å²) in [6.45, 7) is 1.59. The van der Waals surface area contributed by atoms with Gasteiger partial charge < -0.3 is 5.32 Å². The maximum absolute atomic E-state index is 13.2. The minimum atomic E-state index is -4.31. The van der Waals surface area contributed by atoms with Crippen molar-refractivity contribution in [2.24, 2.45) is 0 Å². The van der Waals surface area contributed by atoms with Gasteiger partial charge in [-0.2, -0.15) is 18.4 Å². The van der Waals surface area contributed by atoms with Crippen molar-refractivity contribution in [3.63, 3.8) is 0 Å². The van der Waals surface area contributed by atoms with E-state index in [2.05, 4.69) is 5.32 Å². The number of hydrogen-bond donors (Lipinski definition) is 1. The van der Waals surface area contributed by atoms with Gasteiger partial charge in [-0.15, -0.1) is 0 Å². The lowest BCUT2D eigenvalue weighted by molar-refractivity contribution is -0.194. The van der Waals surface area contributed by atoms with E-state index in [0.29, 0.717) is 17.5 Å². The molecule has 2 atom stereocenters. The molecule has 0 radical (unpaired) electrons. The topological polar surface area (TPSA) is 56.1 Å². The number of halogens is 3. The van der Waals surface area contributed by atoms with Gasteiger partial charge in [0.25, 0.3) is 0 Å². The first-order valence-electron chi connectivity index (χ1n) is 7.36. The van der Waals surface area contributed by atoms with Crippen molar-refractivity contribution in [3.8, 4) is 6.07 Å². The lowest BCUT2D eigenvalue weighted by Gasteiger charge is -2.40. The van der Waals surface area contributed by atoms with E-state index in [-0.39, 0.29) is 31.5 Å². The summed E-state index contributed by atoms with van der Waals surface area (Å²) < 4.78 is 39.7. The van der Waals surface area contributed by atoms with Crippen molar-refractivity contribution >= 4 is 5.91 Å². The standard InChI is InChI=1S/C16H18F3N3O/c1-11(23)21-14-5-6-15(16(17,18)19)22(10-14)9-13-4-2-3-12(7-13)8-20/h2-4,7,14-15H,5-6,9-10H2,1H3,(H,21,23)/t14-,15-/m0/s1. The van der Waals surface area contributed by atoms with Crippen LogP contribution in [0, 0.1) is 11.3 Å². The van der Waals surface area contributed by atoms with Gasteiger partial charge in [-0.1, -0.05) is 12.1 Å². The Morgan fingerprint density at radius 2 is 2.17 bits per heavy atom. The Morgan fingerprint density at radius 1 is 1.43 bits per heavy atom. The highest BCUT2D eigenvalue weighted by atomic mass is 19.4. The Morgan fingerprint density at radius 3 is 2.78 bits per heavy atom. The normalized spacial score (nSPS) is 22.4. The third-order valence-corrected chi connectivity index (χ3v) is 3.91. The lowest BCUT2D eigenvalue weighted by atomic mass is 9.96. The molecule has 1 aliphatic heterocycles. The van der Waals surface area contributed by atoms with Crippen LogP contribution in [-0.4, -0.2) is 35.6 Å². The Hall–Kier alpha value is -2.07. The smallest absolute Gasteiger partial charge is 0.352 e. The van der Waals surface area contributed by atoms with Crippen LogP contribution in [0.25, 0.3) is 0 Å². The second kappa shape index (κ2) is 7.01. The van der Waals surface area contributed by atoms with Gasteiger partial charge in [-0.05, 0) is 30.5 Å². The molecule has 4 nitrogen and oxygen atoms in total. The second-order valence-corrected chi connectivity index (χ2v) is 5.77. The lowest BCUT2D eigenvalue weighted by Crippen LogP contribution is -2.55. The molecule has 0 spiro atoms. The van der Waals surface area contributed by atoms with Crippen molar-refractivity contribution in [2.75, 3.05) is 6.54 Å². The Balaban J connectivity index is 2.17. The van der Waals surface area contributed by atoms with Gasteiger partial charge in [-0.25, -0.2) is 0 Å². The number of nitrogens with one attached hydrogen (secondary N) is 1. The molecule has 0 saturated carbocycles. The maximum atomic E-state index is 13.2. The molecular weight excluding hydrogens is 307 g/mol. The minimum Gasteiger partial charge on any atom is -0.352 e. The van der Waals surface area contributed by atoms with E-state index in [0.717, 1.165) is 0 Å². The molecule has 1 N–H and O–H groups in total. The number of nitrogens with zero attached hydrogens (tertiary/aromatic N) is 2. The van der Waals surface area contributed by atoms with Gasteiger partial charge in [0.15, 0.2) is 0 Å². The van der Waals surface area contributed by atoms with E-state index in [4.69, 9.17) is 5.26 Å². The van der Waals surface area contributed by atoms with Crippen LogP contribution in [-0.2, 0) is 11.3 Å². The molecule has 2 rings (SSSR count). The van der Waals surface area contributed by atoms with Crippen LogP contribution in [0.1, 0.15) is 30.9 Å². The van der Waals surface area contributed by atoms with E-state index < -0.39 is 12.2 Å². The van der Waals surface area contributed by atoms with E-state index >= 15 is 0 Å². The van der Waals surface area contributed by atoms with Crippen LogP contribution >= 0.6 is 0 Å². The molecule has 1 amide bonds. The SMILES string of the molecule is CC(=O)N[C@H]1CC[C@@H](C(F)(F)F)N(Cc2cccc(C#N)c2)C1. The third kappa shape index (κ3) is 4.70. The molecule has 124 valence electrons. The number of carbonyl (C=O) groups excluding carboxylic acids is 1. The van der Waals surface area contributed by atoms with Gasteiger partial charge in [0, 0.05) is 26.1 Å². The number of nitriles is 1. The quantitative estimate of drug-likeness (QED) is 0.929. The molecule has 1 heterocycles. The second-order valence-electron chi connectivity index (χ2n) is 5.77. The zero-order valence-corrected chi connectivity index (χ0v) is 12.7. The summed E-state index contributed by atoms with van der Waals surface area (Å²) in [5.41, 5.74) is 1.07. The highest BCUT2D eigenvalue weighted by Gasteiger charge is 2.46. The molecule has 23 heavy (non-hydrogen) atoms. The number of carbonyl (C=O) groups is 1. The summed E-state index contributed by atoms with van der Waals surface area (Å²) >= 11 is 0. The van der Waals surface area contributed by atoms with Gasteiger partial charge in [0.1, 0.15) is 6.04 Å². The summed E-state index contributed by atoms with van der Waals surface area (Å²) in [4.78, 5) is 12.5. The summed E-state index contributed by atoms with van der Waals surface area (Å²) in [6.07, 6.45) is -4.06. The zero-order valence-electron chi connectivity index (χ0n) is 12.7. The predicted octanol–water partition coefficient (Wildman–Crippen LogP) is 2.59. The van der Waals surface area contributed by atoms with Gasteiger partial charge in [-0.3, -0.25) is 9.69 Å². The number of likely N-dealkylation sites (tertiary alicyclic amines) is 1. The molecule has 0 bridgehead atoms. The average molecular weight is 325 g/mol. The number of hydrogen-bond acceptors (Lipinski definition) is 3. The van der Waals surface area contributed by atoms with Crippen LogP contribution in [0.5, 0.6) is 0 Å². The monoisotopic (exact) mass is 325 g/mol. The fourth-order valence-corrected chi connectivity index (χ4v) is 2.97. The first-order chi connectivity index (χ1) is 10.8. The first kappa shape index (κ1) is 17.3. The molecule has 1 aliphatic rings. The average Bonchev–Trinajstić information content (AvgIpc) is 2.45. The summed E-state index contributed by atoms with van der Waals surface area (Å²) in [7, 11) is 0. The van der Waals surface area contributed by atoms with E-state index in [9.17, 15) is 18.0 Å². The molecule has 1 aromatic carbocycles. The van der Waals surface area contributed by atoms with E-state index in [1.807, 2.05) is 6.07 Å². The number of rotatable bonds is 3. The van der Waals surface area contributed by atoms with Crippen LogP contribution < -0.4 is 5.32 Å². The molecule has 1 fully saturated rings. The molecule has 0 unspecified atom stereocenters. The van der Waals surface area contributed by atoms with Crippen molar-refractivity contribution in [2.45, 2.75) is 44.6 Å². The Kier molecular flexibility index (Phi) is 5.26. The number of benzene rings is 1. The van der Waals surface area contributed by atoms with Gasteiger partial charge >= 0.3 is 6.18 Å². The van der Waals surface area contributed by atoms with Gasteiger partial charge in [0.05, 0.1) is 11.6 Å². The van der Waals surface area contributed by atoms with Crippen LogP contribution in [0.4, 0.5) is 13.2 Å². The highest BCUT2D eigenvalue weighted by Crippen LogP contribution is 2.33. The Labute approximate surface area is 132 Å². The van der Waals surface area contributed by atoms with Crippen molar-refractivity contribution in [1.82, 2.24) is 10.2 Å². The third-order valence-electron chi connectivity index (χ3n) is 3.91. The largest absolute Gasteiger partial charge is 0.404 e. The number of piperidine rings is 1. The van der Waals surface area contributed by atoms with Gasteiger partial charge in [0.2, 0.25) is 5.91 Å². The molecule has 1 saturated heterocycles. The molecule has 0 aliphatic carbocycles. The summed E-state index contributed by atoms with van der Waals surface area (Å²) in [6, 6.07) is 6.73. The van der Waals surface area contributed by atoms with E-state index in [1.165, 1.54) is 11.8 Å². The fraction of sp³-hybridized carbons (Fsp3) is 0.500. The Bertz CT molecular complexity index is 609. The molecule has 1 aromatic rings. The van der Waals surface area contributed by atoms with Crippen LogP contribution in [0.2, 0.25) is 0 Å².